The molecule has 0 aliphatic carbocycles. The number of hydrogen-bond acceptors (Lipinski definition) is 3. The van der Waals surface area contributed by atoms with Crippen LogP contribution in [0.3, 0.4) is 0 Å². The first-order valence-electron chi connectivity index (χ1n) is 4.67. The largest absolute Gasteiger partial charge is 0.318 e. The molecule has 0 bridgehead atoms. The van der Waals surface area contributed by atoms with E-state index in [1.807, 2.05) is 0 Å². The van der Waals surface area contributed by atoms with Gasteiger partial charge in [0.05, 0.1) is 0 Å². The number of hydrogen-bond donors (Lipinski definition) is 2. The Hall–Kier alpha value is -0.0200. The molecule has 0 fully saturated rings. The molecule has 0 amide bonds. The van der Waals surface area contributed by atoms with E-state index < -0.39 is 15.8 Å². The summed E-state index contributed by atoms with van der Waals surface area (Å²) < 4.78 is 39.7. The van der Waals surface area contributed by atoms with Crippen LogP contribution in [0.25, 0.3) is 0 Å². The second-order valence-electron chi connectivity index (χ2n) is 3.20. The number of likely N-dealkylation sites (N-methyl/N-ethyl adjacent to an activating group) is 1. The molecule has 1 rings (SSSR count). The van der Waals surface area contributed by atoms with Gasteiger partial charge in [-0.3, -0.25) is 0 Å². The third kappa shape index (κ3) is 3.99. The highest BCUT2D eigenvalue weighted by Gasteiger charge is 2.21. The Balaban J connectivity index is 3.07. The number of halogens is 3. The molecule has 1 aromatic rings. The second-order valence-corrected chi connectivity index (χ2v) is 6.61. The molecule has 0 spiro atoms. The van der Waals surface area contributed by atoms with E-state index in [9.17, 15) is 12.8 Å². The Labute approximate surface area is 116 Å². The molecule has 17 heavy (non-hydrogen) atoms. The Bertz CT molecular complexity index is 485. The fraction of sp³-hybridized carbons (Fsp3) is 0.333. The molecule has 4 nitrogen and oxygen atoms in total. The molecule has 0 aliphatic rings. The first-order chi connectivity index (χ1) is 7.88. The molecule has 0 saturated heterocycles. The summed E-state index contributed by atoms with van der Waals surface area (Å²) in [7, 11) is -1.94. The topological polar surface area (TPSA) is 58.2 Å². The molecule has 96 valence electrons. The van der Waals surface area contributed by atoms with Crippen molar-refractivity contribution in [2.24, 2.45) is 0 Å². The molecule has 8 heteroatoms. The van der Waals surface area contributed by atoms with Gasteiger partial charge in [-0.15, -0.1) is 0 Å². The molecule has 0 saturated carbocycles. The summed E-state index contributed by atoms with van der Waals surface area (Å²) in [6.07, 6.45) is 0. The van der Waals surface area contributed by atoms with E-state index in [1.54, 1.807) is 7.05 Å². The molecular weight excluding hydrogens is 379 g/mol. The molecule has 0 aliphatic heterocycles. The quantitative estimate of drug-likeness (QED) is 0.755. The Morgan fingerprint density at radius 2 is 1.76 bits per heavy atom. The van der Waals surface area contributed by atoms with Crippen LogP contribution in [0.1, 0.15) is 0 Å². The minimum Gasteiger partial charge on any atom is -0.318 e. The van der Waals surface area contributed by atoms with Gasteiger partial charge in [-0.1, -0.05) is 0 Å². The van der Waals surface area contributed by atoms with E-state index in [4.69, 9.17) is 0 Å². The summed E-state index contributed by atoms with van der Waals surface area (Å²) in [6, 6.07) is 2.22. The van der Waals surface area contributed by atoms with Crippen LogP contribution >= 0.6 is 31.9 Å². The lowest BCUT2D eigenvalue weighted by molar-refractivity contribution is 0.577. The van der Waals surface area contributed by atoms with Gasteiger partial charge in [0, 0.05) is 22.0 Å². The van der Waals surface area contributed by atoms with Gasteiger partial charge in [0.1, 0.15) is 10.7 Å². The molecule has 0 radical (unpaired) electrons. The number of sulfonamides is 1. The molecule has 2 N–H and O–H groups in total. The van der Waals surface area contributed by atoms with E-state index in [-0.39, 0.29) is 20.4 Å². The van der Waals surface area contributed by atoms with E-state index in [2.05, 4.69) is 41.9 Å². The molecule has 0 heterocycles. The minimum absolute atomic E-state index is 0.00463. The Morgan fingerprint density at radius 1 is 1.24 bits per heavy atom. The van der Waals surface area contributed by atoms with Gasteiger partial charge in [-0.25, -0.2) is 17.5 Å². The molecule has 1 aromatic carbocycles. The second kappa shape index (κ2) is 6.24. The van der Waals surface area contributed by atoms with Crippen LogP contribution in [-0.4, -0.2) is 28.6 Å². The van der Waals surface area contributed by atoms with Crippen LogP contribution in [0.2, 0.25) is 0 Å². The van der Waals surface area contributed by atoms with Gasteiger partial charge >= 0.3 is 0 Å². The van der Waals surface area contributed by atoms with Crippen LogP contribution in [0.5, 0.6) is 0 Å². The maximum atomic E-state index is 13.0. The van der Waals surface area contributed by atoms with E-state index in [0.29, 0.717) is 6.54 Å². The van der Waals surface area contributed by atoms with Crippen molar-refractivity contribution in [1.29, 1.82) is 0 Å². The highest BCUT2D eigenvalue weighted by atomic mass is 79.9. The van der Waals surface area contributed by atoms with Gasteiger partial charge < -0.3 is 5.32 Å². The first-order valence-corrected chi connectivity index (χ1v) is 7.74. The molecular formula is C9H11Br2FN2O2S. The zero-order chi connectivity index (χ0) is 13.1. The van der Waals surface area contributed by atoms with Crippen molar-refractivity contribution in [3.05, 3.63) is 26.9 Å². The van der Waals surface area contributed by atoms with Crippen LogP contribution in [0.4, 0.5) is 4.39 Å². The average Bonchev–Trinajstić information content (AvgIpc) is 2.15. The van der Waals surface area contributed by atoms with Crippen molar-refractivity contribution in [2.75, 3.05) is 20.1 Å². The number of rotatable bonds is 5. The highest BCUT2D eigenvalue weighted by molar-refractivity contribution is 9.11. The van der Waals surface area contributed by atoms with Crippen molar-refractivity contribution in [3.8, 4) is 0 Å². The SMILES string of the molecule is CNCCNS(=O)(=O)c1c(Br)cc(F)cc1Br. The fourth-order valence-electron chi connectivity index (χ4n) is 1.17. The smallest absolute Gasteiger partial charge is 0.242 e. The summed E-state index contributed by atoms with van der Waals surface area (Å²) >= 11 is 6.08. The van der Waals surface area contributed by atoms with E-state index >= 15 is 0 Å². The number of nitrogens with one attached hydrogen (secondary N) is 2. The maximum absolute atomic E-state index is 13.0. The van der Waals surface area contributed by atoms with Crippen LogP contribution in [0, 0.1) is 5.82 Å². The van der Waals surface area contributed by atoms with Crippen LogP contribution in [0.15, 0.2) is 26.0 Å². The summed E-state index contributed by atoms with van der Waals surface area (Å²) in [4.78, 5) is -0.00463. The van der Waals surface area contributed by atoms with Gasteiger partial charge in [-0.2, -0.15) is 0 Å². The lowest BCUT2D eigenvalue weighted by Crippen LogP contribution is -2.31. The lowest BCUT2D eigenvalue weighted by atomic mass is 10.3. The average molecular weight is 390 g/mol. The molecule has 0 atom stereocenters. The van der Waals surface area contributed by atoms with Crippen molar-refractivity contribution < 1.29 is 12.8 Å². The standard InChI is InChI=1S/C9H11Br2FN2O2S/c1-13-2-3-14-17(15,16)9-7(10)4-6(12)5-8(9)11/h4-5,13-14H,2-3H2,1H3. The van der Waals surface area contributed by atoms with Gasteiger partial charge in [-0.05, 0) is 51.0 Å². The van der Waals surface area contributed by atoms with Crippen molar-refractivity contribution >= 4 is 41.9 Å². The Kier molecular flexibility index (Phi) is 5.52. The van der Waals surface area contributed by atoms with Crippen LogP contribution in [-0.2, 0) is 10.0 Å². The minimum atomic E-state index is -3.66. The summed E-state index contributed by atoms with van der Waals surface area (Å²) in [5.41, 5.74) is 0. The summed E-state index contributed by atoms with van der Waals surface area (Å²) in [5, 5.41) is 2.82. The van der Waals surface area contributed by atoms with Gasteiger partial charge in [0.2, 0.25) is 10.0 Å². The fourth-order valence-corrected chi connectivity index (χ4v) is 4.72. The monoisotopic (exact) mass is 388 g/mol. The van der Waals surface area contributed by atoms with Gasteiger partial charge in [0.15, 0.2) is 0 Å². The zero-order valence-corrected chi connectivity index (χ0v) is 12.9. The van der Waals surface area contributed by atoms with E-state index in [1.165, 1.54) is 0 Å². The Morgan fingerprint density at radius 3 is 2.24 bits per heavy atom. The third-order valence-electron chi connectivity index (χ3n) is 1.90. The van der Waals surface area contributed by atoms with Crippen molar-refractivity contribution in [2.45, 2.75) is 4.90 Å². The highest BCUT2D eigenvalue weighted by Crippen LogP contribution is 2.30. The first kappa shape index (κ1) is 15.0. The van der Waals surface area contributed by atoms with Crippen LogP contribution < -0.4 is 10.0 Å². The maximum Gasteiger partial charge on any atom is 0.242 e. The predicted molar refractivity (Wildman–Crippen MR) is 70.9 cm³/mol. The van der Waals surface area contributed by atoms with Crippen molar-refractivity contribution in [3.63, 3.8) is 0 Å². The summed E-state index contributed by atoms with van der Waals surface area (Å²) in [5.74, 6) is -0.516. The lowest BCUT2D eigenvalue weighted by Gasteiger charge is -2.10. The third-order valence-corrected chi connectivity index (χ3v) is 5.24. The molecule has 0 aromatic heterocycles. The predicted octanol–water partition coefficient (Wildman–Crippen LogP) is 1.85. The summed E-state index contributed by atoms with van der Waals surface area (Å²) in [6.45, 7) is 0.769. The van der Waals surface area contributed by atoms with E-state index in [0.717, 1.165) is 12.1 Å². The van der Waals surface area contributed by atoms with Gasteiger partial charge in [0.25, 0.3) is 0 Å². The van der Waals surface area contributed by atoms with Crippen molar-refractivity contribution in [1.82, 2.24) is 10.0 Å². The number of benzene rings is 1. The molecule has 0 unspecified atom stereocenters. The zero-order valence-electron chi connectivity index (χ0n) is 8.93. The normalized spacial score (nSPS) is 11.8.